The Morgan fingerprint density at radius 2 is 1.89 bits per heavy atom. The molecule has 0 aromatic heterocycles. The third-order valence-corrected chi connectivity index (χ3v) is 5.71. The molecule has 0 saturated heterocycles. The van der Waals surface area contributed by atoms with Gasteiger partial charge in [0.2, 0.25) is 5.91 Å². The summed E-state index contributed by atoms with van der Waals surface area (Å²) < 4.78 is 0. The molecule has 1 atom stereocenters. The fourth-order valence-electron chi connectivity index (χ4n) is 3.71. The number of Topliss-reactive ketones (excluding diaryl/α,β-unsaturated/α-hetero) is 1. The van der Waals surface area contributed by atoms with Crippen LogP contribution in [0.15, 0.2) is 54.6 Å². The van der Waals surface area contributed by atoms with Crippen LogP contribution in [0.5, 0.6) is 0 Å². The van der Waals surface area contributed by atoms with Crippen LogP contribution in [0.25, 0.3) is 6.08 Å². The molecule has 1 aliphatic carbocycles. The molecule has 3 rings (SSSR count). The lowest BCUT2D eigenvalue weighted by atomic mass is 9.74. The topological polar surface area (TPSA) is 37.4 Å². The predicted octanol–water partition coefficient (Wildman–Crippen LogP) is 5.50. The van der Waals surface area contributed by atoms with Crippen LogP contribution in [-0.4, -0.2) is 23.6 Å². The molecule has 0 radical (unpaired) electrons. The van der Waals surface area contributed by atoms with E-state index >= 15 is 0 Å². The predicted molar refractivity (Wildman–Crippen MR) is 110 cm³/mol. The van der Waals surface area contributed by atoms with Crippen molar-refractivity contribution >= 4 is 41.0 Å². The molecule has 0 spiro atoms. The Balaban J connectivity index is 1.96. The van der Waals surface area contributed by atoms with E-state index in [2.05, 4.69) is 0 Å². The van der Waals surface area contributed by atoms with Gasteiger partial charge in [0.05, 0.1) is 0 Å². The fourth-order valence-corrected chi connectivity index (χ4v) is 4.20. The summed E-state index contributed by atoms with van der Waals surface area (Å²) in [5.74, 6) is -0.209. The standard InChI is InChI=1S/C22H21Cl2NO2/c1-25(21(27)13-12-16-7-6-8-17(23)15-16)22(14-5-4-11-20(22)26)18-9-2-3-10-19(18)24/h2-3,6-10,12-13,15H,4-5,11,14H2,1H3. The molecule has 0 aliphatic heterocycles. The molecule has 140 valence electrons. The Kier molecular flexibility index (Phi) is 6.03. The molecule has 1 aliphatic rings. The largest absolute Gasteiger partial charge is 0.325 e. The maximum Gasteiger partial charge on any atom is 0.247 e. The molecule has 27 heavy (non-hydrogen) atoms. The molecule has 5 heteroatoms. The molecule has 0 N–H and O–H groups in total. The second kappa shape index (κ2) is 8.28. The number of likely N-dealkylation sites (N-methyl/N-ethyl adjacent to an activating group) is 1. The molecule has 1 fully saturated rings. The molecule has 1 amide bonds. The number of amides is 1. The van der Waals surface area contributed by atoms with Crippen LogP contribution >= 0.6 is 23.2 Å². The SMILES string of the molecule is CN(C(=O)C=Cc1cccc(Cl)c1)C1(c2ccccc2Cl)CCCCC1=O. The number of nitrogens with zero attached hydrogens (tertiary/aromatic N) is 1. The minimum absolute atomic E-state index is 0.0360. The number of hydrogen-bond acceptors (Lipinski definition) is 2. The van der Waals surface area contributed by atoms with E-state index < -0.39 is 5.54 Å². The van der Waals surface area contributed by atoms with E-state index in [0.29, 0.717) is 28.5 Å². The van der Waals surface area contributed by atoms with Gasteiger partial charge in [-0.15, -0.1) is 0 Å². The zero-order valence-corrected chi connectivity index (χ0v) is 16.6. The Morgan fingerprint density at radius 3 is 2.59 bits per heavy atom. The zero-order chi connectivity index (χ0) is 19.4. The van der Waals surface area contributed by atoms with Crippen molar-refractivity contribution in [3.8, 4) is 0 Å². The summed E-state index contributed by atoms with van der Waals surface area (Å²) in [6.45, 7) is 0. The van der Waals surface area contributed by atoms with Crippen LogP contribution in [0, 0.1) is 0 Å². The van der Waals surface area contributed by atoms with Gasteiger partial charge in [-0.2, -0.15) is 0 Å². The molecule has 3 nitrogen and oxygen atoms in total. The summed E-state index contributed by atoms with van der Waals surface area (Å²) in [5.41, 5.74) is 0.501. The molecular formula is C22H21Cl2NO2. The number of rotatable bonds is 4. The quantitative estimate of drug-likeness (QED) is 0.633. The first-order valence-corrected chi connectivity index (χ1v) is 9.70. The third kappa shape index (κ3) is 3.95. The van der Waals surface area contributed by atoms with E-state index in [1.165, 1.54) is 11.0 Å². The number of benzene rings is 2. The lowest BCUT2D eigenvalue weighted by molar-refractivity contribution is -0.144. The van der Waals surface area contributed by atoms with Gasteiger partial charge in [0.25, 0.3) is 0 Å². The summed E-state index contributed by atoms with van der Waals surface area (Å²) in [7, 11) is 1.68. The average Bonchev–Trinajstić information content (AvgIpc) is 2.67. The Hall–Kier alpha value is -2.10. The first kappa shape index (κ1) is 19.7. The van der Waals surface area contributed by atoms with Crippen molar-refractivity contribution in [2.45, 2.75) is 31.2 Å². The monoisotopic (exact) mass is 401 g/mol. The third-order valence-electron chi connectivity index (χ3n) is 5.14. The molecule has 1 unspecified atom stereocenters. The first-order valence-electron chi connectivity index (χ1n) is 8.95. The maximum absolute atomic E-state index is 13.0. The second-order valence-corrected chi connectivity index (χ2v) is 7.60. The smallest absolute Gasteiger partial charge is 0.247 e. The van der Waals surface area contributed by atoms with Crippen LogP contribution in [0.3, 0.4) is 0 Å². The van der Waals surface area contributed by atoms with Crippen molar-refractivity contribution in [2.24, 2.45) is 0 Å². The highest BCUT2D eigenvalue weighted by Gasteiger charge is 2.47. The Bertz CT molecular complexity index is 893. The first-order chi connectivity index (χ1) is 12.9. The van der Waals surface area contributed by atoms with Crippen molar-refractivity contribution in [3.05, 3.63) is 75.8 Å². The van der Waals surface area contributed by atoms with E-state index in [9.17, 15) is 9.59 Å². The summed E-state index contributed by atoms with van der Waals surface area (Å²) in [5, 5.41) is 1.11. The van der Waals surface area contributed by atoms with Crippen LogP contribution < -0.4 is 0 Å². The highest BCUT2D eigenvalue weighted by Crippen LogP contribution is 2.42. The summed E-state index contributed by atoms with van der Waals surface area (Å²) in [6, 6.07) is 14.5. The molecule has 0 heterocycles. The van der Waals surface area contributed by atoms with Crippen molar-refractivity contribution in [2.75, 3.05) is 7.05 Å². The van der Waals surface area contributed by atoms with Gasteiger partial charge in [0, 0.05) is 35.2 Å². The summed E-state index contributed by atoms with van der Waals surface area (Å²) in [4.78, 5) is 27.5. The molecule has 2 aromatic rings. The molecule has 1 saturated carbocycles. The minimum atomic E-state index is -1.02. The van der Waals surface area contributed by atoms with Gasteiger partial charge in [-0.05, 0) is 49.1 Å². The van der Waals surface area contributed by atoms with Crippen molar-refractivity contribution < 1.29 is 9.59 Å². The summed E-state index contributed by atoms with van der Waals surface area (Å²) >= 11 is 12.4. The van der Waals surface area contributed by atoms with Gasteiger partial charge in [0.15, 0.2) is 5.78 Å². The molecule has 2 aromatic carbocycles. The van der Waals surface area contributed by atoms with E-state index in [1.54, 1.807) is 31.3 Å². The van der Waals surface area contributed by atoms with Crippen molar-refractivity contribution in [3.63, 3.8) is 0 Å². The number of carbonyl (C=O) groups excluding carboxylic acids is 2. The lowest BCUT2D eigenvalue weighted by Crippen LogP contribution is -2.53. The van der Waals surface area contributed by atoms with Gasteiger partial charge < -0.3 is 4.90 Å². The van der Waals surface area contributed by atoms with Gasteiger partial charge >= 0.3 is 0 Å². The number of halogens is 2. The normalized spacial score (nSPS) is 20.0. The average molecular weight is 402 g/mol. The van der Waals surface area contributed by atoms with Crippen LogP contribution in [0.4, 0.5) is 0 Å². The fraction of sp³-hybridized carbons (Fsp3) is 0.273. The van der Waals surface area contributed by atoms with Crippen LogP contribution in [0.2, 0.25) is 10.0 Å². The number of ketones is 1. The molecular weight excluding hydrogens is 381 g/mol. The van der Waals surface area contributed by atoms with E-state index in [0.717, 1.165) is 18.4 Å². The van der Waals surface area contributed by atoms with Crippen molar-refractivity contribution in [1.82, 2.24) is 4.90 Å². The minimum Gasteiger partial charge on any atom is -0.325 e. The van der Waals surface area contributed by atoms with Gasteiger partial charge in [-0.25, -0.2) is 0 Å². The summed E-state index contributed by atoms with van der Waals surface area (Å²) in [6.07, 6.45) is 5.91. The van der Waals surface area contributed by atoms with E-state index in [-0.39, 0.29) is 11.7 Å². The lowest BCUT2D eigenvalue weighted by Gasteiger charge is -2.43. The highest BCUT2D eigenvalue weighted by atomic mass is 35.5. The van der Waals surface area contributed by atoms with Crippen LogP contribution in [-0.2, 0) is 15.1 Å². The molecule has 0 bridgehead atoms. The zero-order valence-electron chi connectivity index (χ0n) is 15.1. The Morgan fingerprint density at radius 1 is 1.11 bits per heavy atom. The number of hydrogen-bond donors (Lipinski definition) is 0. The van der Waals surface area contributed by atoms with E-state index in [1.807, 2.05) is 30.3 Å². The maximum atomic E-state index is 13.0. The van der Waals surface area contributed by atoms with Crippen molar-refractivity contribution in [1.29, 1.82) is 0 Å². The van der Waals surface area contributed by atoms with Gasteiger partial charge in [-0.1, -0.05) is 53.5 Å². The second-order valence-electron chi connectivity index (χ2n) is 6.76. The van der Waals surface area contributed by atoms with E-state index in [4.69, 9.17) is 23.2 Å². The Labute approximate surface area is 169 Å². The van der Waals surface area contributed by atoms with Gasteiger partial charge in [0.1, 0.15) is 5.54 Å². The van der Waals surface area contributed by atoms with Gasteiger partial charge in [-0.3, -0.25) is 9.59 Å². The number of carbonyl (C=O) groups is 2. The van der Waals surface area contributed by atoms with Crippen LogP contribution in [0.1, 0.15) is 36.8 Å². The highest BCUT2D eigenvalue weighted by molar-refractivity contribution is 6.32.